The lowest BCUT2D eigenvalue weighted by Gasteiger charge is -2.08. The molecule has 18 heavy (non-hydrogen) atoms. The predicted octanol–water partition coefficient (Wildman–Crippen LogP) is 3.50. The molecule has 1 aromatic heterocycles. The molecule has 0 amide bonds. The van der Waals surface area contributed by atoms with Crippen LogP contribution < -0.4 is 5.32 Å². The number of rotatable bonds is 3. The first-order valence-electron chi connectivity index (χ1n) is 6.46. The Balaban J connectivity index is 1.78. The van der Waals surface area contributed by atoms with Crippen molar-refractivity contribution in [3.8, 4) is 0 Å². The van der Waals surface area contributed by atoms with E-state index in [0.29, 0.717) is 6.10 Å². The third-order valence-electron chi connectivity index (χ3n) is 3.59. The van der Waals surface area contributed by atoms with E-state index in [4.69, 9.17) is 4.74 Å². The van der Waals surface area contributed by atoms with Crippen LogP contribution in [0.15, 0.2) is 12.1 Å². The largest absolute Gasteiger partial charge is 0.376 e. The molecule has 1 aliphatic rings. The van der Waals surface area contributed by atoms with Gasteiger partial charge < -0.3 is 10.1 Å². The molecule has 0 bridgehead atoms. The number of ether oxygens (including phenoxy) is 1. The maximum atomic E-state index is 5.61. The summed E-state index contributed by atoms with van der Waals surface area (Å²) in [6.45, 7) is 6.05. The summed E-state index contributed by atoms with van der Waals surface area (Å²) in [4.78, 5) is 4.69. The normalized spacial score (nSPS) is 19.6. The number of nitrogens with zero attached hydrogens (tertiary/aromatic N) is 1. The van der Waals surface area contributed by atoms with E-state index in [1.807, 2.05) is 0 Å². The van der Waals surface area contributed by atoms with Crippen LogP contribution in [0.25, 0.3) is 10.2 Å². The first-order chi connectivity index (χ1) is 8.74. The van der Waals surface area contributed by atoms with Gasteiger partial charge in [0.15, 0.2) is 5.13 Å². The number of thiazole rings is 1. The van der Waals surface area contributed by atoms with E-state index in [9.17, 15) is 0 Å². The standard InChI is InChI=1S/C14H18N2OS/c1-9-5-6-12-13(10(9)2)16-14(18-12)15-8-11-4-3-7-17-11/h5-6,11H,3-4,7-8H2,1-2H3,(H,15,16)/t11-/m1/s1. The summed E-state index contributed by atoms with van der Waals surface area (Å²) in [5.41, 5.74) is 3.72. The second-order valence-corrected chi connectivity index (χ2v) is 5.92. The van der Waals surface area contributed by atoms with Gasteiger partial charge in [-0.3, -0.25) is 0 Å². The van der Waals surface area contributed by atoms with Gasteiger partial charge in [0.25, 0.3) is 0 Å². The van der Waals surface area contributed by atoms with Gasteiger partial charge in [-0.2, -0.15) is 0 Å². The van der Waals surface area contributed by atoms with E-state index in [1.165, 1.54) is 22.2 Å². The van der Waals surface area contributed by atoms with Crippen LogP contribution in [0.2, 0.25) is 0 Å². The van der Waals surface area contributed by atoms with Crippen molar-refractivity contribution in [2.45, 2.75) is 32.8 Å². The number of hydrogen-bond acceptors (Lipinski definition) is 4. The van der Waals surface area contributed by atoms with Crippen molar-refractivity contribution >= 4 is 26.7 Å². The van der Waals surface area contributed by atoms with Crippen molar-refractivity contribution < 1.29 is 4.74 Å². The first-order valence-corrected chi connectivity index (χ1v) is 7.28. The van der Waals surface area contributed by atoms with Gasteiger partial charge in [0.1, 0.15) is 0 Å². The van der Waals surface area contributed by atoms with Crippen molar-refractivity contribution in [1.29, 1.82) is 0 Å². The third-order valence-corrected chi connectivity index (χ3v) is 4.57. The van der Waals surface area contributed by atoms with Crippen molar-refractivity contribution in [1.82, 2.24) is 4.98 Å². The lowest BCUT2D eigenvalue weighted by molar-refractivity contribution is 0.120. The highest BCUT2D eigenvalue weighted by Crippen LogP contribution is 2.29. The van der Waals surface area contributed by atoms with E-state index in [-0.39, 0.29) is 0 Å². The number of nitrogens with one attached hydrogen (secondary N) is 1. The molecular weight excluding hydrogens is 244 g/mol. The summed E-state index contributed by atoms with van der Waals surface area (Å²) in [7, 11) is 0. The summed E-state index contributed by atoms with van der Waals surface area (Å²) >= 11 is 1.73. The highest BCUT2D eigenvalue weighted by molar-refractivity contribution is 7.22. The van der Waals surface area contributed by atoms with Crippen LogP contribution in [0, 0.1) is 13.8 Å². The van der Waals surface area contributed by atoms with E-state index in [2.05, 4.69) is 36.3 Å². The Bertz CT molecular complexity index is 558. The van der Waals surface area contributed by atoms with Crippen LogP contribution in [0.1, 0.15) is 24.0 Å². The van der Waals surface area contributed by atoms with Gasteiger partial charge in [0.05, 0.1) is 16.3 Å². The number of benzene rings is 1. The number of hydrogen-bond donors (Lipinski definition) is 1. The van der Waals surface area contributed by atoms with E-state index in [0.717, 1.165) is 30.2 Å². The van der Waals surface area contributed by atoms with Crippen molar-refractivity contribution in [2.75, 3.05) is 18.5 Å². The van der Waals surface area contributed by atoms with Gasteiger partial charge in [-0.25, -0.2) is 4.98 Å². The van der Waals surface area contributed by atoms with Gasteiger partial charge in [-0.1, -0.05) is 17.4 Å². The molecule has 3 rings (SSSR count). The molecule has 0 radical (unpaired) electrons. The van der Waals surface area contributed by atoms with Crippen LogP contribution in [-0.2, 0) is 4.74 Å². The second kappa shape index (κ2) is 4.86. The van der Waals surface area contributed by atoms with Crippen LogP contribution in [-0.4, -0.2) is 24.2 Å². The van der Waals surface area contributed by atoms with Crippen LogP contribution in [0.4, 0.5) is 5.13 Å². The summed E-state index contributed by atoms with van der Waals surface area (Å²) in [5.74, 6) is 0. The molecule has 0 saturated carbocycles. The fourth-order valence-electron chi connectivity index (χ4n) is 2.31. The molecule has 2 heterocycles. The molecule has 2 aromatic rings. The summed E-state index contributed by atoms with van der Waals surface area (Å²) < 4.78 is 6.86. The Kier molecular flexibility index (Phi) is 3.22. The van der Waals surface area contributed by atoms with Gasteiger partial charge >= 0.3 is 0 Å². The van der Waals surface area contributed by atoms with Crippen molar-refractivity contribution in [3.63, 3.8) is 0 Å². The SMILES string of the molecule is Cc1ccc2sc(NC[C@H]3CCCO3)nc2c1C. The quantitative estimate of drug-likeness (QED) is 0.919. The zero-order chi connectivity index (χ0) is 12.5. The maximum Gasteiger partial charge on any atom is 0.183 e. The molecule has 1 N–H and O–H groups in total. The van der Waals surface area contributed by atoms with Crippen LogP contribution in [0.3, 0.4) is 0 Å². The molecule has 3 nitrogen and oxygen atoms in total. The first kappa shape index (κ1) is 11.9. The molecule has 1 fully saturated rings. The van der Waals surface area contributed by atoms with Crippen LogP contribution in [0.5, 0.6) is 0 Å². The van der Waals surface area contributed by atoms with Gasteiger partial charge in [0.2, 0.25) is 0 Å². The average molecular weight is 262 g/mol. The molecule has 1 atom stereocenters. The average Bonchev–Trinajstić information content (AvgIpc) is 3.00. The molecule has 1 aliphatic heterocycles. The van der Waals surface area contributed by atoms with Gasteiger partial charge in [0, 0.05) is 13.2 Å². The number of aryl methyl sites for hydroxylation is 2. The topological polar surface area (TPSA) is 34.1 Å². The number of fused-ring (bicyclic) bond motifs is 1. The fourth-order valence-corrected chi connectivity index (χ4v) is 3.24. The smallest absolute Gasteiger partial charge is 0.183 e. The molecule has 1 saturated heterocycles. The Labute approximate surface area is 111 Å². The molecule has 0 spiro atoms. The minimum atomic E-state index is 0.361. The highest BCUT2D eigenvalue weighted by atomic mass is 32.1. The summed E-state index contributed by atoms with van der Waals surface area (Å²) in [6, 6.07) is 4.33. The Morgan fingerprint density at radius 2 is 2.33 bits per heavy atom. The Hall–Kier alpha value is -1.13. The third kappa shape index (κ3) is 2.22. The molecule has 96 valence electrons. The molecule has 0 aliphatic carbocycles. The monoisotopic (exact) mass is 262 g/mol. The van der Waals surface area contributed by atoms with Gasteiger partial charge in [-0.05, 0) is 43.9 Å². The Morgan fingerprint density at radius 1 is 1.44 bits per heavy atom. The van der Waals surface area contributed by atoms with E-state index >= 15 is 0 Å². The fraction of sp³-hybridized carbons (Fsp3) is 0.500. The predicted molar refractivity (Wildman–Crippen MR) is 76.6 cm³/mol. The molecular formula is C14H18N2OS. The zero-order valence-electron chi connectivity index (χ0n) is 10.8. The molecule has 4 heteroatoms. The zero-order valence-corrected chi connectivity index (χ0v) is 11.6. The maximum absolute atomic E-state index is 5.61. The van der Waals surface area contributed by atoms with Crippen molar-refractivity contribution in [3.05, 3.63) is 23.3 Å². The summed E-state index contributed by atoms with van der Waals surface area (Å²) in [6.07, 6.45) is 2.71. The van der Waals surface area contributed by atoms with Gasteiger partial charge in [-0.15, -0.1) is 0 Å². The number of aromatic nitrogens is 1. The molecule has 1 aromatic carbocycles. The van der Waals surface area contributed by atoms with Crippen LogP contribution >= 0.6 is 11.3 Å². The summed E-state index contributed by atoms with van der Waals surface area (Å²) in [5, 5.41) is 4.41. The van der Waals surface area contributed by atoms with Crippen molar-refractivity contribution in [2.24, 2.45) is 0 Å². The highest BCUT2D eigenvalue weighted by Gasteiger charge is 2.16. The van der Waals surface area contributed by atoms with E-state index in [1.54, 1.807) is 11.3 Å². The minimum Gasteiger partial charge on any atom is -0.376 e. The second-order valence-electron chi connectivity index (χ2n) is 4.89. The lowest BCUT2D eigenvalue weighted by atomic mass is 10.1. The lowest BCUT2D eigenvalue weighted by Crippen LogP contribution is -2.18. The minimum absolute atomic E-state index is 0.361. The number of anilines is 1. The Morgan fingerprint density at radius 3 is 3.11 bits per heavy atom. The molecule has 0 unspecified atom stereocenters. The van der Waals surface area contributed by atoms with E-state index < -0.39 is 0 Å².